The summed E-state index contributed by atoms with van der Waals surface area (Å²) < 4.78 is 32.7. The second-order valence-electron chi connectivity index (χ2n) is 6.10. The zero-order valence-electron chi connectivity index (χ0n) is 14.3. The zero-order valence-corrected chi connectivity index (χ0v) is 17.2. The third-order valence-electron chi connectivity index (χ3n) is 4.10. The van der Waals surface area contributed by atoms with E-state index in [4.69, 9.17) is 0 Å². The van der Waals surface area contributed by atoms with Crippen LogP contribution in [0.4, 0.5) is 0 Å². The van der Waals surface area contributed by atoms with E-state index in [1.165, 1.54) is 44.2 Å². The first-order valence-corrected chi connectivity index (χ1v) is 9.31. The number of benzene rings is 1. The Morgan fingerprint density at radius 3 is 2.05 bits per heavy atom. The third-order valence-corrected chi connectivity index (χ3v) is 4.95. The maximum Gasteiger partial charge on any atom is 1.00 e. The van der Waals surface area contributed by atoms with Gasteiger partial charge in [0, 0.05) is 0 Å². The summed E-state index contributed by atoms with van der Waals surface area (Å²) in [6, 6.07) is 6.35. The smallest absolute Gasteiger partial charge is 0.744 e. The molecule has 0 bridgehead atoms. The number of hydrogen-bond acceptors (Lipinski definition) is 3. The van der Waals surface area contributed by atoms with Gasteiger partial charge in [0.15, 0.2) is 0 Å². The van der Waals surface area contributed by atoms with E-state index in [9.17, 15) is 13.0 Å². The summed E-state index contributed by atoms with van der Waals surface area (Å²) in [6.07, 6.45) is 7.39. The summed E-state index contributed by atoms with van der Waals surface area (Å²) >= 11 is 0. The molecule has 2 unspecified atom stereocenters. The van der Waals surface area contributed by atoms with Gasteiger partial charge in [0.2, 0.25) is 0 Å². The molecule has 0 spiro atoms. The fourth-order valence-corrected chi connectivity index (χ4v) is 3.18. The van der Waals surface area contributed by atoms with Gasteiger partial charge in [-0.3, -0.25) is 0 Å². The monoisotopic (exact) mass is 334 g/mol. The van der Waals surface area contributed by atoms with Gasteiger partial charge in [-0.25, -0.2) is 8.42 Å². The van der Waals surface area contributed by atoms with Gasteiger partial charge in [-0.15, -0.1) is 0 Å². The van der Waals surface area contributed by atoms with Crippen molar-refractivity contribution in [1.29, 1.82) is 0 Å². The van der Waals surface area contributed by atoms with Crippen molar-refractivity contribution >= 4 is 10.1 Å². The van der Waals surface area contributed by atoms with Gasteiger partial charge in [0.05, 0.1) is 4.90 Å². The van der Waals surface area contributed by atoms with Crippen LogP contribution in [0.1, 0.15) is 70.8 Å². The van der Waals surface area contributed by atoms with E-state index in [0.717, 1.165) is 17.9 Å². The van der Waals surface area contributed by atoms with Crippen LogP contribution in [0, 0.1) is 5.92 Å². The minimum atomic E-state index is -4.33. The molecule has 120 valence electrons. The fraction of sp³-hybridized carbons (Fsp3) is 0.647. The van der Waals surface area contributed by atoms with E-state index >= 15 is 0 Å². The summed E-state index contributed by atoms with van der Waals surface area (Å²) in [5.41, 5.74) is 1.10. The first-order valence-electron chi connectivity index (χ1n) is 7.90. The molecule has 0 heterocycles. The fourth-order valence-electron chi connectivity index (χ4n) is 2.71. The Bertz CT molecular complexity index is 511. The van der Waals surface area contributed by atoms with Gasteiger partial charge in [-0.1, -0.05) is 65.0 Å². The Morgan fingerprint density at radius 1 is 1.00 bits per heavy atom. The molecule has 0 amide bonds. The molecule has 0 aliphatic heterocycles. The molecular formula is C17H27NaO3S. The molecule has 22 heavy (non-hydrogen) atoms. The molecule has 0 saturated heterocycles. The molecule has 1 aromatic rings. The minimum Gasteiger partial charge on any atom is -0.744 e. The van der Waals surface area contributed by atoms with Crippen LogP contribution in [0.5, 0.6) is 0 Å². The Morgan fingerprint density at radius 2 is 1.55 bits per heavy atom. The molecule has 0 fully saturated rings. The van der Waals surface area contributed by atoms with E-state index in [1.807, 2.05) is 0 Å². The van der Waals surface area contributed by atoms with Crippen LogP contribution in [0.2, 0.25) is 0 Å². The number of hydrogen-bond donors (Lipinski definition) is 0. The Hall–Kier alpha value is 0.130. The topological polar surface area (TPSA) is 57.2 Å². The SMILES string of the molecule is CCCC(C)CCCCC(C)c1ccc(S(=O)(=O)[O-])cc1.[Na+]. The first-order chi connectivity index (χ1) is 9.84. The number of unbranched alkanes of at least 4 members (excludes halogenated alkanes) is 1. The molecular weight excluding hydrogens is 307 g/mol. The van der Waals surface area contributed by atoms with E-state index in [2.05, 4.69) is 20.8 Å². The number of rotatable bonds is 9. The van der Waals surface area contributed by atoms with E-state index < -0.39 is 10.1 Å². The molecule has 0 radical (unpaired) electrons. The largest absolute Gasteiger partial charge is 1.00 e. The molecule has 0 aromatic heterocycles. The summed E-state index contributed by atoms with van der Waals surface area (Å²) in [7, 11) is -4.33. The van der Waals surface area contributed by atoms with Crippen molar-refractivity contribution in [3.05, 3.63) is 29.8 Å². The minimum absolute atomic E-state index is 0. The average Bonchev–Trinajstić information content (AvgIpc) is 2.43. The quantitative estimate of drug-likeness (QED) is 0.392. The van der Waals surface area contributed by atoms with Crippen molar-refractivity contribution in [2.45, 2.75) is 70.1 Å². The van der Waals surface area contributed by atoms with Crippen LogP contribution in [0.25, 0.3) is 0 Å². The average molecular weight is 334 g/mol. The van der Waals surface area contributed by atoms with Crippen molar-refractivity contribution in [3.63, 3.8) is 0 Å². The first kappa shape index (κ1) is 22.1. The molecule has 3 nitrogen and oxygen atoms in total. The molecule has 0 N–H and O–H groups in total. The van der Waals surface area contributed by atoms with E-state index in [1.54, 1.807) is 12.1 Å². The van der Waals surface area contributed by atoms with Crippen LogP contribution >= 0.6 is 0 Å². The molecule has 2 atom stereocenters. The molecule has 0 saturated carbocycles. The molecule has 5 heteroatoms. The summed E-state index contributed by atoms with van der Waals surface area (Å²) in [5.74, 6) is 1.21. The van der Waals surface area contributed by atoms with Crippen molar-refractivity contribution < 1.29 is 42.5 Å². The molecule has 1 aromatic carbocycles. The van der Waals surface area contributed by atoms with Crippen LogP contribution in [0.3, 0.4) is 0 Å². The van der Waals surface area contributed by atoms with Crippen LogP contribution in [0.15, 0.2) is 29.2 Å². The zero-order chi connectivity index (χ0) is 15.9. The second kappa shape index (κ2) is 10.8. The third kappa shape index (κ3) is 8.11. The Balaban J connectivity index is 0.00000441. The molecule has 1 rings (SSSR count). The van der Waals surface area contributed by atoms with Crippen molar-refractivity contribution in [1.82, 2.24) is 0 Å². The summed E-state index contributed by atoms with van der Waals surface area (Å²) in [5, 5.41) is 0. The normalized spacial score (nSPS) is 14.2. The Labute approximate surface area is 157 Å². The van der Waals surface area contributed by atoms with Crippen LogP contribution < -0.4 is 29.6 Å². The predicted molar refractivity (Wildman–Crippen MR) is 85.4 cm³/mol. The maximum absolute atomic E-state index is 10.9. The molecule has 0 aliphatic rings. The van der Waals surface area contributed by atoms with Crippen LogP contribution in [-0.4, -0.2) is 13.0 Å². The predicted octanol–water partition coefficient (Wildman–Crippen LogP) is 1.69. The maximum atomic E-state index is 10.9. The standard InChI is InChI=1S/C17H28O3S.Na/c1-4-7-14(2)8-5-6-9-15(3)16-10-12-17(13-11-16)21(18,19)20;/h10-15H,4-9H2,1-3H3,(H,18,19,20);/q;+1/p-1. The van der Waals surface area contributed by atoms with Crippen molar-refractivity contribution in [2.75, 3.05) is 0 Å². The summed E-state index contributed by atoms with van der Waals surface area (Å²) in [6.45, 7) is 6.69. The van der Waals surface area contributed by atoms with Gasteiger partial charge in [0.25, 0.3) is 0 Å². The summed E-state index contributed by atoms with van der Waals surface area (Å²) in [4.78, 5) is -0.146. The Kier molecular flexibility index (Phi) is 10.9. The van der Waals surface area contributed by atoms with Crippen molar-refractivity contribution in [3.8, 4) is 0 Å². The van der Waals surface area contributed by atoms with Gasteiger partial charge >= 0.3 is 29.6 Å². The van der Waals surface area contributed by atoms with Crippen molar-refractivity contribution in [2.24, 2.45) is 5.92 Å². The van der Waals surface area contributed by atoms with Gasteiger partial charge in [0.1, 0.15) is 10.1 Å². The molecule has 0 aliphatic carbocycles. The van der Waals surface area contributed by atoms with E-state index in [-0.39, 0.29) is 34.5 Å². The van der Waals surface area contributed by atoms with Crippen LogP contribution in [-0.2, 0) is 10.1 Å². The van der Waals surface area contributed by atoms with Gasteiger partial charge in [-0.05, 0) is 36.0 Å². The van der Waals surface area contributed by atoms with Gasteiger partial charge in [-0.2, -0.15) is 0 Å². The second-order valence-corrected chi connectivity index (χ2v) is 7.48. The van der Waals surface area contributed by atoms with Gasteiger partial charge < -0.3 is 4.55 Å². The van der Waals surface area contributed by atoms with E-state index in [0.29, 0.717) is 5.92 Å².